The second-order valence-corrected chi connectivity index (χ2v) is 10.1. The number of hydrogen-bond donors (Lipinski definition) is 2. The van der Waals surface area contributed by atoms with Crippen molar-refractivity contribution in [2.24, 2.45) is 11.8 Å². The van der Waals surface area contributed by atoms with Crippen LogP contribution in [0.15, 0.2) is 66.7 Å². The van der Waals surface area contributed by atoms with E-state index in [1.807, 2.05) is 4.90 Å². The molecule has 3 aromatic rings. The van der Waals surface area contributed by atoms with Crippen molar-refractivity contribution < 1.29 is 33.8 Å². The highest BCUT2D eigenvalue weighted by atomic mass is 19.1. The molecule has 2 atom stereocenters. The van der Waals surface area contributed by atoms with Gasteiger partial charge in [0.05, 0.1) is 6.61 Å². The van der Waals surface area contributed by atoms with Crippen molar-refractivity contribution in [2.45, 2.75) is 19.3 Å². The Bertz CT molecular complexity index is 1310. The van der Waals surface area contributed by atoms with Crippen LogP contribution in [0.3, 0.4) is 0 Å². The summed E-state index contributed by atoms with van der Waals surface area (Å²) < 4.78 is 15.7. The summed E-state index contributed by atoms with van der Waals surface area (Å²) in [6, 6.07) is 17.0. The number of carbonyl (C=O) groups excluding carboxylic acids is 3. The number of phenolic OH excluding ortho intramolecular Hbond substituents is 2. The molecular weight excluding hydrogens is 515 g/mol. The second kappa shape index (κ2) is 12.8. The zero-order valence-electron chi connectivity index (χ0n) is 22.5. The van der Waals surface area contributed by atoms with E-state index < -0.39 is 23.6 Å². The summed E-state index contributed by atoms with van der Waals surface area (Å²) in [6.07, 6.45) is 1.07. The number of hydroxylamine groups is 2. The van der Waals surface area contributed by atoms with Crippen molar-refractivity contribution in [1.82, 2.24) is 9.96 Å². The highest BCUT2D eigenvalue weighted by Gasteiger charge is 2.45. The molecule has 0 aromatic heterocycles. The van der Waals surface area contributed by atoms with E-state index in [-0.39, 0.29) is 59.5 Å². The van der Waals surface area contributed by atoms with E-state index >= 15 is 4.39 Å². The van der Waals surface area contributed by atoms with E-state index in [9.17, 15) is 24.6 Å². The fourth-order valence-electron chi connectivity index (χ4n) is 5.45. The monoisotopic (exact) mass is 548 g/mol. The van der Waals surface area contributed by atoms with Crippen molar-refractivity contribution in [1.29, 1.82) is 0 Å². The van der Waals surface area contributed by atoms with Crippen molar-refractivity contribution in [3.63, 3.8) is 0 Å². The van der Waals surface area contributed by atoms with Crippen molar-refractivity contribution in [3.05, 3.63) is 94.8 Å². The zero-order valence-corrected chi connectivity index (χ0v) is 22.5. The van der Waals surface area contributed by atoms with E-state index in [1.165, 1.54) is 31.3 Å². The normalized spacial score (nSPS) is 17.9. The Labute approximate surface area is 232 Å². The summed E-state index contributed by atoms with van der Waals surface area (Å²) in [5, 5.41) is 21.2. The molecule has 0 spiro atoms. The maximum Gasteiger partial charge on any atom is 0.233 e. The molecule has 1 heterocycles. The molecule has 210 valence electrons. The summed E-state index contributed by atoms with van der Waals surface area (Å²) in [7, 11) is 1.49. The van der Waals surface area contributed by atoms with E-state index in [2.05, 4.69) is 0 Å². The molecule has 9 heteroatoms. The van der Waals surface area contributed by atoms with Crippen molar-refractivity contribution in [3.8, 4) is 11.5 Å². The van der Waals surface area contributed by atoms with Gasteiger partial charge in [-0.3, -0.25) is 19.2 Å². The minimum atomic E-state index is -0.809. The number of piperidine rings is 1. The van der Waals surface area contributed by atoms with Crippen LogP contribution >= 0.6 is 0 Å². The zero-order chi connectivity index (χ0) is 28.8. The number of hydrogen-bond acceptors (Lipinski definition) is 7. The van der Waals surface area contributed by atoms with Gasteiger partial charge in [-0.15, -0.1) is 0 Å². The summed E-state index contributed by atoms with van der Waals surface area (Å²) in [4.78, 5) is 46.1. The van der Waals surface area contributed by atoms with Crippen LogP contribution in [-0.4, -0.2) is 71.4 Å². The molecule has 3 aromatic carbocycles. The van der Waals surface area contributed by atoms with Crippen LogP contribution in [0.4, 0.5) is 4.39 Å². The molecule has 4 rings (SSSR count). The Morgan fingerprint density at radius 1 is 0.975 bits per heavy atom. The Hall–Kier alpha value is -4.08. The van der Waals surface area contributed by atoms with Crippen LogP contribution in [0.1, 0.15) is 44.2 Å². The average Bonchev–Trinajstić information content (AvgIpc) is 2.95. The number of Topliss-reactive ketones (excluding diaryl/α,β-unsaturated/α-hetero) is 2. The molecule has 0 bridgehead atoms. The number of phenols is 2. The SMILES string of the molecule is Cc1cccc(C2[C@@H](C(=O)c3cccc(O)c3)CN(CCCON(C)C=O)C[C@@H]2C(=O)c2cccc(O)c2)c1F. The van der Waals surface area contributed by atoms with Gasteiger partial charge in [0.25, 0.3) is 0 Å². The van der Waals surface area contributed by atoms with Crippen LogP contribution < -0.4 is 0 Å². The molecular formula is C31H33FN2O6. The van der Waals surface area contributed by atoms with Crippen LogP contribution in [0.2, 0.25) is 0 Å². The molecule has 40 heavy (non-hydrogen) atoms. The number of aryl methyl sites for hydroxylation is 1. The van der Waals surface area contributed by atoms with Gasteiger partial charge in [0.2, 0.25) is 6.41 Å². The highest BCUT2D eigenvalue weighted by molar-refractivity contribution is 6.02. The topological polar surface area (TPSA) is 107 Å². The standard InChI is InChI=1S/C31H33FN2O6/c1-20-7-3-12-25(29(20)32)28-26(30(38)21-8-4-10-23(36)15-21)17-34(13-6-14-40-33(2)19-35)18-27(28)31(39)22-9-5-11-24(37)16-22/h3-5,7-12,15-16,19,26-28,36-37H,6,13-14,17-18H2,1-2H3/t26-,27-/m0/s1. The number of benzene rings is 3. The molecule has 1 amide bonds. The third-order valence-corrected chi connectivity index (χ3v) is 7.35. The number of rotatable bonds is 11. The minimum Gasteiger partial charge on any atom is -0.508 e. The number of nitrogens with zero attached hydrogens (tertiary/aromatic N) is 2. The van der Waals surface area contributed by atoms with Gasteiger partial charge in [0.15, 0.2) is 11.6 Å². The largest absolute Gasteiger partial charge is 0.508 e. The van der Waals surface area contributed by atoms with Crippen LogP contribution in [0.25, 0.3) is 0 Å². The number of halogens is 1. The van der Waals surface area contributed by atoms with E-state index in [0.29, 0.717) is 24.9 Å². The highest BCUT2D eigenvalue weighted by Crippen LogP contribution is 2.42. The lowest BCUT2D eigenvalue weighted by atomic mass is 9.68. The molecule has 1 fully saturated rings. The first kappa shape index (κ1) is 28.9. The Balaban J connectivity index is 1.77. The summed E-state index contributed by atoms with van der Waals surface area (Å²) in [6.45, 7) is 2.85. The molecule has 0 radical (unpaired) electrons. The number of ketones is 2. The molecule has 1 saturated heterocycles. The Morgan fingerprint density at radius 2 is 1.52 bits per heavy atom. The van der Waals surface area contributed by atoms with Gasteiger partial charge < -0.3 is 15.1 Å². The fraction of sp³-hybridized carbons (Fsp3) is 0.323. The predicted molar refractivity (Wildman–Crippen MR) is 147 cm³/mol. The smallest absolute Gasteiger partial charge is 0.233 e. The van der Waals surface area contributed by atoms with Gasteiger partial charge >= 0.3 is 0 Å². The maximum absolute atomic E-state index is 15.7. The summed E-state index contributed by atoms with van der Waals surface area (Å²) in [5.74, 6) is -3.63. The van der Waals surface area contributed by atoms with Crippen LogP contribution in [0.5, 0.6) is 11.5 Å². The lowest BCUT2D eigenvalue weighted by molar-refractivity contribution is -0.164. The lowest BCUT2D eigenvalue weighted by Crippen LogP contribution is -2.51. The predicted octanol–water partition coefficient (Wildman–Crippen LogP) is 4.35. The Morgan fingerprint density at radius 3 is 2.05 bits per heavy atom. The average molecular weight is 549 g/mol. The van der Waals surface area contributed by atoms with Crippen LogP contribution in [0, 0.1) is 24.6 Å². The molecule has 0 aliphatic carbocycles. The van der Waals surface area contributed by atoms with Gasteiger partial charge in [-0.2, -0.15) is 0 Å². The van der Waals surface area contributed by atoms with Crippen LogP contribution in [-0.2, 0) is 9.63 Å². The minimum absolute atomic E-state index is 0.0689. The molecule has 8 nitrogen and oxygen atoms in total. The first-order valence-electron chi connectivity index (χ1n) is 13.1. The molecule has 0 unspecified atom stereocenters. The molecule has 0 saturated carbocycles. The number of aromatic hydroxyl groups is 2. The first-order chi connectivity index (χ1) is 19.2. The molecule has 1 aliphatic rings. The number of amides is 1. The van der Waals surface area contributed by atoms with Gasteiger partial charge in [-0.05, 0) is 48.7 Å². The van der Waals surface area contributed by atoms with E-state index in [0.717, 1.165) is 5.06 Å². The molecule has 1 aliphatic heterocycles. The summed E-state index contributed by atoms with van der Waals surface area (Å²) in [5.41, 5.74) is 1.23. The van der Waals surface area contributed by atoms with Crippen molar-refractivity contribution >= 4 is 18.0 Å². The van der Waals surface area contributed by atoms with Gasteiger partial charge in [-0.25, -0.2) is 9.45 Å². The number of carbonyl (C=O) groups is 3. The quantitative estimate of drug-likeness (QED) is 0.159. The third-order valence-electron chi connectivity index (χ3n) is 7.35. The van der Waals surface area contributed by atoms with Gasteiger partial charge in [-0.1, -0.05) is 42.5 Å². The lowest BCUT2D eigenvalue weighted by Gasteiger charge is -2.43. The van der Waals surface area contributed by atoms with E-state index in [4.69, 9.17) is 4.84 Å². The van der Waals surface area contributed by atoms with E-state index in [1.54, 1.807) is 49.4 Å². The maximum atomic E-state index is 15.7. The second-order valence-electron chi connectivity index (χ2n) is 10.1. The van der Waals surface area contributed by atoms with Gasteiger partial charge in [0.1, 0.15) is 17.3 Å². The van der Waals surface area contributed by atoms with Gasteiger partial charge in [0, 0.05) is 55.6 Å². The molecule has 2 N–H and O–H groups in total. The Kier molecular flexibility index (Phi) is 9.29. The van der Waals surface area contributed by atoms with Crippen molar-refractivity contribution in [2.75, 3.05) is 33.3 Å². The first-order valence-corrected chi connectivity index (χ1v) is 13.1. The number of likely N-dealkylation sites (tertiary alicyclic amines) is 1. The fourth-order valence-corrected chi connectivity index (χ4v) is 5.45. The third kappa shape index (κ3) is 6.55. The summed E-state index contributed by atoms with van der Waals surface area (Å²) >= 11 is 0.